The molecule has 0 fully saturated rings. The predicted octanol–water partition coefficient (Wildman–Crippen LogP) is 5.72. The van der Waals surface area contributed by atoms with Crippen LogP contribution in [0.25, 0.3) is 21.5 Å². The molecule has 0 atom stereocenters. The first-order valence-electron chi connectivity index (χ1n) is 8.20. The highest BCUT2D eigenvalue weighted by molar-refractivity contribution is 6.22. The zero-order valence-corrected chi connectivity index (χ0v) is 15.2. The molecule has 3 aromatic carbocycles. The molecule has 0 aliphatic rings. The van der Waals surface area contributed by atoms with Gasteiger partial charge in [-0.05, 0) is 56.6 Å². The Morgan fingerprint density at radius 3 is 2.04 bits per heavy atom. The van der Waals surface area contributed by atoms with Gasteiger partial charge in [0.25, 0.3) is 0 Å². The van der Waals surface area contributed by atoms with Crippen molar-refractivity contribution in [2.75, 3.05) is 0 Å². The largest absolute Gasteiger partial charge is 0.147 e. The molecule has 0 heterocycles. The van der Waals surface area contributed by atoms with Gasteiger partial charge in [-0.3, -0.25) is 0 Å². The normalized spacial score (nSPS) is 11.3. The predicted molar refractivity (Wildman–Crippen MR) is 102 cm³/mol. The van der Waals surface area contributed by atoms with E-state index in [2.05, 4.69) is 91.9 Å². The molecule has 3 aromatic rings. The Kier molecular flexibility index (Phi) is 4.28. The summed E-state index contributed by atoms with van der Waals surface area (Å²) in [6, 6.07) is 15.5. The molecule has 0 nitrogen and oxygen atoms in total. The monoisotopic (exact) mass is 313 g/mol. The van der Waals surface area contributed by atoms with Crippen LogP contribution < -0.4 is 0 Å². The number of fused-ring (bicyclic) bond motifs is 2. The van der Waals surface area contributed by atoms with Crippen LogP contribution in [0.4, 0.5) is 0 Å². The number of benzene rings is 3. The van der Waals surface area contributed by atoms with Crippen LogP contribution in [0.5, 0.6) is 0 Å². The fraction of sp³-hybridized carbons (Fsp3) is 0.273. The van der Waals surface area contributed by atoms with Crippen LogP contribution in [0, 0.1) is 11.5 Å². The molecular formula is C22H21Si. The van der Waals surface area contributed by atoms with Gasteiger partial charge in [0.05, 0.1) is 0 Å². The van der Waals surface area contributed by atoms with Gasteiger partial charge in [0.1, 0.15) is 10.2 Å². The van der Waals surface area contributed by atoms with E-state index in [-0.39, 0.29) is 0 Å². The zero-order chi connectivity index (χ0) is 16.6. The molecule has 0 saturated carbocycles. The molecule has 0 aliphatic heterocycles. The van der Waals surface area contributed by atoms with Crippen molar-refractivity contribution in [3.8, 4) is 11.5 Å². The Morgan fingerprint density at radius 1 is 0.826 bits per heavy atom. The maximum absolute atomic E-state index is 3.36. The van der Waals surface area contributed by atoms with Gasteiger partial charge in [0.15, 0.2) is 0 Å². The minimum absolute atomic E-state index is 0.450. The Balaban J connectivity index is 2.51. The molecule has 0 aliphatic carbocycles. The van der Waals surface area contributed by atoms with Crippen molar-refractivity contribution >= 4 is 31.8 Å². The molecule has 0 bridgehead atoms. The summed E-state index contributed by atoms with van der Waals surface area (Å²) in [5.41, 5.74) is 6.90. The van der Waals surface area contributed by atoms with Crippen molar-refractivity contribution in [3.63, 3.8) is 0 Å². The van der Waals surface area contributed by atoms with Crippen molar-refractivity contribution in [1.82, 2.24) is 0 Å². The fourth-order valence-electron chi connectivity index (χ4n) is 3.43. The minimum Gasteiger partial charge on any atom is -0.133 e. The average molecular weight is 313 g/mol. The van der Waals surface area contributed by atoms with E-state index < -0.39 is 0 Å². The van der Waals surface area contributed by atoms with Gasteiger partial charge in [-0.15, -0.1) is 5.54 Å². The molecule has 113 valence electrons. The molecule has 0 N–H and O–H groups in total. The first kappa shape index (κ1) is 15.8. The van der Waals surface area contributed by atoms with Crippen molar-refractivity contribution in [1.29, 1.82) is 0 Å². The highest BCUT2D eigenvalue weighted by Gasteiger charge is 2.17. The molecule has 3 rings (SSSR count). The number of hydrogen-bond acceptors (Lipinski definition) is 0. The van der Waals surface area contributed by atoms with E-state index in [1.54, 1.807) is 0 Å². The van der Waals surface area contributed by atoms with Crippen LogP contribution in [-0.4, -0.2) is 10.2 Å². The van der Waals surface area contributed by atoms with Gasteiger partial charge in [0, 0.05) is 5.56 Å². The first-order chi connectivity index (χ1) is 11.0. The second-order valence-corrected chi connectivity index (χ2v) is 6.98. The summed E-state index contributed by atoms with van der Waals surface area (Å²) >= 11 is 0. The van der Waals surface area contributed by atoms with E-state index in [4.69, 9.17) is 0 Å². The Morgan fingerprint density at radius 2 is 1.48 bits per heavy atom. The lowest BCUT2D eigenvalue weighted by molar-refractivity contribution is 0.791. The Hall–Kier alpha value is -2.04. The third-order valence-electron chi connectivity index (χ3n) is 4.47. The van der Waals surface area contributed by atoms with E-state index in [1.807, 2.05) is 0 Å². The summed E-state index contributed by atoms with van der Waals surface area (Å²) in [7, 11) is 3.36. The molecular weight excluding hydrogens is 292 g/mol. The zero-order valence-electron chi connectivity index (χ0n) is 14.2. The number of rotatable bonds is 2. The summed E-state index contributed by atoms with van der Waals surface area (Å²) in [5, 5.41) is 5.08. The lowest BCUT2D eigenvalue weighted by atomic mass is 9.83. The first-order valence-corrected chi connectivity index (χ1v) is 8.70. The molecule has 0 saturated heterocycles. The summed E-state index contributed by atoms with van der Waals surface area (Å²) < 4.78 is 0. The smallest absolute Gasteiger partial charge is 0.133 e. The highest BCUT2D eigenvalue weighted by atomic mass is 28.1. The molecule has 1 heteroatoms. The molecule has 0 unspecified atom stereocenters. The molecule has 3 radical (unpaired) electrons. The van der Waals surface area contributed by atoms with Crippen LogP contribution in [0.1, 0.15) is 56.2 Å². The van der Waals surface area contributed by atoms with Gasteiger partial charge >= 0.3 is 0 Å². The SMILES string of the molecule is CC(C)c1cc2cc3ccccc3cc2c(C#C[Si])c1C(C)C. The van der Waals surface area contributed by atoms with Gasteiger partial charge in [-0.25, -0.2) is 0 Å². The highest BCUT2D eigenvalue weighted by Crippen LogP contribution is 2.36. The van der Waals surface area contributed by atoms with E-state index >= 15 is 0 Å². The maximum Gasteiger partial charge on any atom is 0.147 e. The van der Waals surface area contributed by atoms with E-state index in [0.717, 1.165) is 0 Å². The standard InChI is InChI=1S/C22H21Si/c1-14(2)20-13-18-11-16-7-5-6-8-17(16)12-21(18)19(9-10-23)22(20)15(3)4/h5-8,11-15H,1-4H3. The minimum atomic E-state index is 0.450. The van der Waals surface area contributed by atoms with Gasteiger partial charge in [-0.2, -0.15) is 0 Å². The topological polar surface area (TPSA) is 0 Å². The lowest BCUT2D eigenvalue weighted by Gasteiger charge is -2.21. The maximum atomic E-state index is 3.36. The second kappa shape index (κ2) is 6.22. The third kappa shape index (κ3) is 2.80. The average Bonchev–Trinajstić information content (AvgIpc) is 2.52. The Labute approximate surface area is 142 Å². The molecule has 23 heavy (non-hydrogen) atoms. The Bertz CT molecular complexity index is 937. The van der Waals surface area contributed by atoms with E-state index in [1.165, 1.54) is 38.2 Å². The van der Waals surface area contributed by atoms with Crippen LogP contribution in [0.15, 0.2) is 42.5 Å². The summed E-state index contributed by atoms with van der Waals surface area (Å²) in [6.45, 7) is 9.04. The molecule has 0 aromatic heterocycles. The van der Waals surface area contributed by atoms with Crippen molar-refractivity contribution < 1.29 is 0 Å². The van der Waals surface area contributed by atoms with Crippen LogP contribution in [0.3, 0.4) is 0 Å². The summed E-state index contributed by atoms with van der Waals surface area (Å²) in [4.78, 5) is 0. The number of hydrogen-bond donors (Lipinski definition) is 0. The quantitative estimate of drug-likeness (QED) is 0.322. The van der Waals surface area contributed by atoms with Gasteiger partial charge in [0.2, 0.25) is 0 Å². The lowest BCUT2D eigenvalue weighted by Crippen LogP contribution is -2.03. The van der Waals surface area contributed by atoms with Gasteiger partial charge < -0.3 is 0 Å². The fourth-order valence-corrected chi connectivity index (χ4v) is 3.55. The van der Waals surface area contributed by atoms with Gasteiger partial charge in [-0.1, -0.05) is 63.9 Å². The third-order valence-corrected chi connectivity index (χ3v) is 4.59. The van der Waals surface area contributed by atoms with E-state index in [0.29, 0.717) is 11.8 Å². The second-order valence-electron chi connectivity index (χ2n) is 6.73. The summed E-state index contributed by atoms with van der Waals surface area (Å²) in [6.07, 6.45) is 0. The van der Waals surface area contributed by atoms with Crippen LogP contribution >= 0.6 is 0 Å². The van der Waals surface area contributed by atoms with Crippen molar-refractivity contribution in [2.24, 2.45) is 0 Å². The van der Waals surface area contributed by atoms with Crippen LogP contribution in [-0.2, 0) is 0 Å². The van der Waals surface area contributed by atoms with Crippen LogP contribution in [0.2, 0.25) is 0 Å². The van der Waals surface area contributed by atoms with E-state index in [9.17, 15) is 0 Å². The van der Waals surface area contributed by atoms with Crippen molar-refractivity contribution in [3.05, 3.63) is 59.2 Å². The van der Waals surface area contributed by atoms with Crippen molar-refractivity contribution in [2.45, 2.75) is 39.5 Å². The molecule has 0 amide bonds. The summed E-state index contributed by atoms with van der Waals surface area (Å²) in [5.74, 6) is 4.26. The molecule has 0 spiro atoms.